The molecule has 8 heteroatoms. The maximum Gasteiger partial charge on any atom is 0.264 e. The first-order valence-corrected chi connectivity index (χ1v) is 15.4. The molecule has 0 saturated carbocycles. The van der Waals surface area contributed by atoms with E-state index in [0.717, 1.165) is 24.0 Å². The van der Waals surface area contributed by atoms with Gasteiger partial charge >= 0.3 is 0 Å². The summed E-state index contributed by atoms with van der Waals surface area (Å²) >= 11 is 0. The molecule has 1 fully saturated rings. The van der Waals surface area contributed by atoms with Crippen molar-refractivity contribution < 1.29 is 24.6 Å². The molecule has 0 spiro atoms. The van der Waals surface area contributed by atoms with Crippen LogP contribution in [0.1, 0.15) is 64.5 Å². The van der Waals surface area contributed by atoms with Gasteiger partial charge in [-0.25, -0.2) is 0 Å². The Morgan fingerprint density at radius 2 is 1.84 bits per heavy atom. The van der Waals surface area contributed by atoms with Gasteiger partial charge in [-0.05, 0) is 57.4 Å². The van der Waals surface area contributed by atoms with Gasteiger partial charge < -0.3 is 24.9 Å². The first-order valence-electron chi connectivity index (χ1n) is 15.4. The fraction of sp³-hybridized carbons (Fsp3) is 0.417. The van der Waals surface area contributed by atoms with Crippen molar-refractivity contribution in [3.05, 3.63) is 95.1 Å². The molecular formula is C36H45N3O5. The number of aliphatic hydroxyl groups is 2. The third-order valence-electron chi connectivity index (χ3n) is 8.44. The van der Waals surface area contributed by atoms with Crippen molar-refractivity contribution in [3.63, 3.8) is 0 Å². The fourth-order valence-electron chi connectivity index (χ4n) is 5.67. The van der Waals surface area contributed by atoms with Crippen LogP contribution in [0.5, 0.6) is 0 Å². The average molecular weight is 600 g/mol. The number of amides is 3. The van der Waals surface area contributed by atoms with Gasteiger partial charge in [0.05, 0.1) is 12.3 Å². The lowest BCUT2D eigenvalue weighted by atomic mass is 9.82. The van der Waals surface area contributed by atoms with Crippen molar-refractivity contribution in [2.75, 3.05) is 36.0 Å². The Hall–Kier alpha value is -4.01. The molecule has 2 atom stereocenters. The van der Waals surface area contributed by atoms with E-state index >= 15 is 0 Å². The first kappa shape index (κ1) is 32.9. The van der Waals surface area contributed by atoms with Crippen LogP contribution in [0.3, 0.4) is 0 Å². The van der Waals surface area contributed by atoms with E-state index < -0.39 is 17.4 Å². The molecule has 3 amide bonds. The maximum absolute atomic E-state index is 14.0. The summed E-state index contributed by atoms with van der Waals surface area (Å²) in [6, 6.07) is 15.0. The Morgan fingerprint density at radius 3 is 2.48 bits per heavy atom. The molecule has 2 heterocycles. The van der Waals surface area contributed by atoms with Crippen molar-refractivity contribution in [1.82, 2.24) is 4.90 Å². The predicted molar refractivity (Wildman–Crippen MR) is 174 cm³/mol. The van der Waals surface area contributed by atoms with Gasteiger partial charge in [-0.1, -0.05) is 72.7 Å². The molecule has 2 aliphatic heterocycles. The summed E-state index contributed by atoms with van der Waals surface area (Å²) < 4.78 is 0. The van der Waals surface area contributed by atoms with Crippen LogP contribution in [0.25, 0.3) is 0 Å². The van der Waals surface area contributed by atoms with E-state index in [1.165, 1.54) is 5.57 Å². The van der Waals surface area contributed by atoms with E-state index in [1.54, 1.807) is 39.8 Å². The standard InChI is InChI=1S/C36H45N3O5/c1-26(2)10-8-11-27(3)18-20-39-32-17-16-30(38-21-19-34(38)42)24-31(32)36(44,35(39)43)28(4)12-9-15-33(41)37(22-23-40)25-29-13-6-5-7-14-29/h5-7,9-10,12-14,16-18,24,28,40,44H,8,11,15,19-23,25H2,1-4H3/b12-9+,27-18+/t28-,36+/m1/s1. The third-order valence-corrected chi connectivity index (χ3v) is 8.44. The number of β-lactam (4-membered cyclic amide) rings is 1. The van der Waals surface area contributed by atoms with E-state index in [4.69, 9.17) is 0 Å². The highest BCUT2D eigenvalue weighted by molar-refractivity contribution is 6.08. The van der Waals surface area contributed by atoms with Gasteiger partial charge in [0.25, 0.3) is 5.91 Å². The van der Waals surface area contributed by atoms with Crippen LogP contribution in [0.4, 0.5) is 11.4 Å². The van der Waals surface area contributed by atoms with Gasteiger partial charge in [0, 0.05) is 56.2 Å². The quantitative estimate of drug-likeness (QED) is 0.228. The van der Waals surface area contributed by atoms with Gasteiger partial charge in [-0.15, -0.1) is 0 Å². The highest BCUT2D eigenvalue weighted by Crippen LogP contribution is 2.47. The van der Waals surface area contributed by atoms with Gasteiger partial charge in [0.2, 0.25) is 11.8 Å². The lowest BCUT2D eigenvalue weighted by Crippen LogP contribution is -2.45. The van der Waals surface area contributed by atoms with Crippen LogP contribution in [-0.2, 0) is 26.5 Å². The summed E-state index contributed by atoms with van der Waals surface area (Å²) in [7, 11) is 0. The molecule has 2 aromatic rings. The van der Waals surface area contributed by atoms with Crippen LogP contribution < -0.4 is 9.80 Å². The van der Waals surface area contributed by atoms with Crippen LogP contribution >= 0.6 is 0 Å². The molecule has 0 aromatic heterocycles. The smallest absolute Gasteiger partial charge is 0.264 e. The summed E-state index contributed by atoms with van der Waals surface area (Å²) in [5, 5.41) is 21.7. The highest BCUT2D eigenvalue weighted by Gasteiger charge is 2.52. The monoisotopic (exact) mass is 599 g/mol. The number of nitrogens with zero attached hydrogens (tertiary/aromatic N) is 3. The van der Waals surface area contributed by atoms with Gasteiger partial charge in [0.1, 0.15) is 0 Å². The van der Waals surface area contributed by atoms with E-state index in [0.29, 0.717) is 43.0 Å². The highest BCUT2D eigenvalue weighted by atomic mass is 16.3. The van der Waals surface area contributed by atoms with E-state index in [2.05, 4.69) is 19.9 Å². The number of fused-ring (bicyclic) bond motifs is 1. The third kappa shape index (κ3) is 7.37. The normalized spacial score (nSPS) is 18.8. The summed E-state index contributed by atoms with van der Waals surface area (Å²) in [4.78, 5) is 44.1. The number of rotatable bonds is 14. The zero-order valence-electron chi connectivity index (χ0n) is 26.3. The van der Waals surface area contributed by atoms with Crippen LogP contribution in [-0.4, -0.2) is 59.1 Å². The van der Waals surface area contributed by atoms with Crippen molar-refractivity contribution in [2.24, 2.45) is 5.92 Å². The number of carbonyl (C=O) groups is 3. The zero-order chi connectivity index (χ0) is 31.9. The van der Waals surface area contributed by atoms with E-state index in [-0.39, 0.29) is 31.4 Å². The molecule has 2 aromatic carbocycles. The first-order chi connectivity index (χ1) is 21.1. The van der Waals surface area contributed by atoms with E-state index in [9.17, 15) is 24.6 Å². The average Bonchev–Trinajstić information content (AvgIpc) is 3.21. The Kier molecular flexibility index (Phi) is 10.9. The predicted octanol–water partition coefficient (Wildman–Crippen LogP) is 5.25. The van der Waals surface area contributed by atoms with E-state index in [1.807, 2.05) is 55.5 Å². The second kappa shape index (κ2) is 14.6. The van der Waals surface area contributed by atoms with Gasteiger partial charge in [-0.3, -0.25) is 14.4 Å². The fourth-order valence-corrected chi connectivity index (χ4v) is 5.67. The molecule has 0 aliphatic carbocycles. The number of carbonyl (C=O) groups excluding carboxylic acids is 3. The maximum atomic E-state index is 14.0. The molecule has 4 rings (SSSR count). The molecule has 2 N–H and O–H groups in total. The Labute approximate surface area is 261 Å². The number of allylic oxidation sites excluding steroid dienone is 3. The molecular weight excluding hydrogens is 554 g/mol. The summed E-state index contributed by atoms with van der Waals surface area (Å²) in [5.74, 6) is -1.23. The van der Waals surface area contributed by atoms with Crippen LogP contribution in [0.15, 0.2) is 84.0 Å². The minimum atomic E-state index is -1.86. The number of aliphatic hydroxyl groups excluding tert-OH is 1. The van der Waals surface area contributed by atoms with Gasteiger partial charge in [0.15, 0.2) is 5.60 Å². The van der Waals surface area contributed by atoms with Gasteiger partial charge in [-0.2, -0.15) is 0 Å². The summed E-state index contributed by atoms with van der Waals surface area (Å²) in [6.45, 7) is 9.33. The second-order valence-electron chi connectivity index (χ2n) is 12.0. The minimum absolute atomic E-state index is 0.0129. The number of benzene rings is 2. The lowest BCUT2D eigenvalue weighted by Gasteiger charge is -2.32. The summed E-state index contributed by atoms with van der Waals surface area (Å²) in [5.41, 5.74) is 3.27. The molecule has 0 unspecified atom stereocenters. The molecule has 0 radical (unpaired) electrons. The summed E-state index contributed by atoms with van der Waals surface area (Å²) in [6.07, 6.45) is 9.97. The number of hydrogen-bond acceptors (Lipinski definition) is 5. The SMILES string of the molecule is CC(C)=CCC/C(C)=C/CN1C(=O)[C@](O)([C@H](C)/C=C/CC(=O)N(CCO)Cc2ccccc2)c2cc(N3CCC3=O)ccc21. The van der Waals surface area contributed by atoms with Crippen molar-refractivity contribution >= 4 is 29.1 Å². The van der Waals surface area contributed by atoms with Crippen LogP contribution in [0.2, 0.25) is 0 Å². The molecule has 234 valence electrons. The topological polar surface area (TPSA) is 101 Å². The Morgan fingerprint density at radius 1 is 1.09 bits per heavy atom. The van der Waals surface area contributed by atoms with Crippen molar-refractivity contribution in [2.45, 2.75) is 65.5 Å². The number of anilines is 2. The Balaban J connectivity index is 1.55. The molecule has 8 nitrogen and oxygen atoms in total. The second-order valence-corrected chi connectivity index (χ2v) is 12.0. The van der Waals surface area contributed by atoms with Crippen molar-refractivity contribution in [1.29, 1.82) is 0 Å². The number of hydrogen-bond donors (Lipinski definition) is 2. The zero-order valence-corrected chi connectivity index (χ0v) is 26.3. The molecule has 2 aliphatic rings. The van der Waals surface area contributed by atoms with Crippen molar-refractivity contribution in [3.8, 4) is 0 Å². The molecule has 1 saturated heterocycles. The lowest BCUT2D eigenvalue weighted by molar-refractivity contribution is -0.139. The molecule has 44 heavy (non-hydrogen) atoms. The van der Waals surface area contributed by atoms with Crippen LogP contribution in [0, 0.1) is 5.92 Å². The minimum Gasteiger partial charge on any atom is -0.395 e. The largest absolute Gasteiger partial charge is 0.395 e. The Bertz CT molecular complexity index is 1440. The molecule has 0 bridgehead atoms.